The van der Waals surface area contributed by atoms with E-state index in [1.165, 1.54) is 0 Å². The molecule has 0 amide bonds. The van der Waals surface area contributed by atoms with Gasteiger partial charge in [0.05, 0.1) is 26.5 Å². The Hall–Kier alpha value is -3.29. The normalized spacial score (nSPS) is 10.7. The molecule has 8 nitrogen and oxygen atoms in total. The van der Waals surface area contributed by atoms with Crippen LogP contribution in [0, 0.1) is 0 Å². The number of ether oxygens (including phenoxy) is 3. The van der Waals surface area contributed by atoms with Crippen LogP contribution in [0.15, 0.2) is 36.7 Å². The van der Waals surface area contributed by atoms with Gasteiger partial charge in [-0.2, -0.15) is 0 Å². The maximum Gasteiger partial charge on any atom is 0.325 e. The average Bonchev–Trinajstić information content (AvgIpc) is 3.15. The van der Waals surface area contributed by atoms with Gasteiger partial charge in [-0.15, -0.1) is 0 Å². The highest BCUT2D eigenvalue weighted by molar-refractivity contribution is 5.76. The molecule has 0 aliphatic rings. The van der Waals surface area contributed by atoms with Gasteiger partial charge in [-0.1, -0.05) is 0 Å². The summed E-state index contributed by atoms with van der Waals surface area (Å²) in [5.74, 6) is 1.53. The highest BCUT2D eigenvalue weighted by Crippen LogP contribution is 2.32. The van der Waals surface area contributed by atoms with Crippen molar-refractivity contribution in [3.05, 3.63) is 36.7 Å². The summed E-state index contributed by atoms with van der Waals surface area (Å²) < 4.78 is 17.5. The van der Waals surface area contributed by atoms with Crippen molar-refractivity contribution in [2.75, 3.05) is 39.3 Å². The molecule has 0 spiro atoms. The lowest BCUT2D eigenvalue weighted by atomic mass is 10.1. The van der Waals surface area contributed by atoms with Gasteiger partial charge in [-0.3, -0.25) is 9.20 Å². The van der Waals surface area contributed by atoms with Crippen molar-refractivity contribution in [3.8, 4) is 22.8 Å². The minimum Gasteiger partial charge on any atom is -0.493 e. The van der Waals surface area contributed by atoms with Crippen LogP contribution in [0.4, 0.5) is 5.95 Å². The third-order valence-corrected chi connectivity index (χ3v) is 4.06. The molecule has 0 saturated heterocycles. The van der Waals surface area contributed by atoms with E-state index in [2.05, 4.69) is 4.98 Å². The maximum absolute atomic E-state index is 11.9. The van der Waals surface area contributed by atoms with Crippen molar-refractivity contribution < 1.29 is 19.0 Å². The molecule has 8 heteroatoms. The number of esters is 1. The van der Waals surface area contributed by atoms with E-state index in [9.17, 15) is 4.79 Å². The van der Waals surface area contributed by atoms with Crippen LogP contribution in [0.5, 0.6) is 11.5 Å². The fourth-order valence-corrected chi connectivity index (χ4v) is 2.79. The highest BCUT2D eigenvalue weighted by Gasteiger charge is 2.16. The van der Waals surface area contributed by atoms with Gasteiger partial charge in [0.25, 0.3) is 0 Å². The van der Waals surface area contributed by atoms with E-state index in [-0.39, 0.29) is 12.5 Å². The maximum atomic E-state index is 11.9. The van der Waals surface area contributed by atoms with Crippen LogP contribution in [0.2, 0.25) is 0 Å². The number of fused-ring (bicyclic) bond motifs is 1. The Morgan fingerprint density at radius 3 is 2.67 bits per heavy atom. The molecule has 3 rings (SSSR count). The Morgan fingerprint density at radius 2 is 1.96 bits per heavy atom. The number of imidazole rings is 1. The highest BCUT2D eigenvalue weighted by atomic mass is 16.5. The Bertz CT molecular complexity index is 954. The smallest absolute Gasteiger partial charge is 0.325 e. The second-order valence-electron chi connectivity index (χ2n) is 5.83. The van der Waals surface area contributed by atoms with Crippen LogP contribution < -0.4 is 14.4 Å². The average molecular weight is 370 g/mol. The van der Waals surface area contributed by atoms with Crippen LogP contribution in [-0.2, 0) is 9.53 Å². The number of carbonyl (C=O) groups excluding carboxylic acids is 1. The Kier molecular flexibility index (Phi) is 5.44. The zero-order chi connectivity index (χ0) is 19.4. The summed E-state index contributed by atoms with van der Waals surface area (Å²) >= 11 is 0. The summed E-state index contributed by atoms with van der Waals surface area (Å²) in [6.45, 7) is 2.21. The summed E-state index contributed by atoms with van der Waals surface area (Å²) in [7, 11) is 4.97. The SMILES string of the molecule is CCOC(=O)CN(C)c1nc(-c2ccc(OC)c(OC)c2)cc2nccn12. The van der Waals surface area contributed by atoms with Crippen molar-refractivity contribution in [1.29, 1.82) is 0 Å². The first-order valence-corrected chi connectivity index (χ1v) is 8.50. The van der Waals surface area contributed by atoms with Crippen LogP contribution in [0.3, 0.4) is 0 Å². The molecule has 0 fully saturated rings. The predicted octanol–water partition coefficient (Wildman–Crippen LogP) is 2.41. The molecule has 0 bridgehead atoms. The molecule has 0 aliphatic heterocycles. The van der Waals surface area contributed by atoms with E-state index < -0.39 is 0 Å². The van der Waals surface area contributed by atoms with Crippen molar-refractivity contribution in [2.45, 2.75) is 6.92 Å². The number of hydrogen-bond donors (Lipinski definition) is 0. The third kappa shape index (κ3) is 3.79. The quantitative estimate of drug-likeness (QED) is 0.591. The van der Waals surface area contributed by atoms with Gasteiger partial charge in [0.1, 0.15) is 12.2 Å². The molecule has 27 heavy (non-hydrogen) atoms. The van der Waals surface area contributed by atoms with Gasteiger partial charge in [0.15, 0.2) is 11.5 Å². The van der Waals surface area contributed by atoms with Gasteiger partial charge in [-0.05, 0) is 25.1 Å². The van der Waals surface area contributed by atoms with Crippen molar-refractivity contribution in [2.24, 2.45) is 0 Å². The first-order valence-electron chi connectivity index (χ1n) is 8.50. The summed E-state index contributed by atoms with van der Waals surface area (Å²) in [5, 5.41) is 0. The lowest BCUT2D eigenvalue weighted by molar-refractivity contribution is -0.141. The van der Waals surface area contributed by atoms with Crippen LogP contribution in [-0.4, -0.2) is 54.8 Å². The van der Waals surface area contributed by atoms with Gasteiger partial charge >= 0.3 is 5.97 Å². The Morgan fingerprint density at radius 1 is 1.19 bits per heavy atom. The summed E-state index contributed by atoms with van der Waals surface area (Å²) in [5.41, 5.74) is 2.28. The van der Waals surface area contributed by atoms with Crippen molar-refractivity contribution in [3.63, 3.8) is 0 Å². The molecule has 0 atom stereocenters. The molecule has 1 aromatic carbocycles. The van der Waals surface area contributed by atoms with Gasteiger partial charge < -0.3 is 19.1 Å². The van der Waals surface area contributed by atoms with E-state index in [4.69, 9.17) is 19.2 Å². The number of methoxy groups -OCH3 is 2. The summed E-state index contributed by atoms with van der Waals surface area (Å²) in [6, 6.07) is 7.46. The molecule has 2 aromatic heterocycles. The van der Waals surface area contributed by atoms with Gasteiger partial charge in [0, 0.05) is 31.1 Å². The Balaban J connectivity index is 2.04. The van der Waals surface area contributed by atoms with Crippen LogP contribution in [0.25, 0.3) is 16.9 Å². The van der Waals surface area contributed by atoms with Gasteiger partial charge in [-0.25, -0.2) is 9.97 Å². The molecule has 0 aliphatic carbocycles. The lowest BCUT2D eigenvalue weighted by Gasteiger charge is -2.19. The first-order chi connectivity index (χ1) is 13.1. The standard InChI is InChI=1S/C19H22N4O4/c1-5-27-18(24)12-22(2)19-21-14(11-17-20-8-9-23(17)19)13-6-7-15(25-3)16(10-13)26-4/h6-11H,5,12H2,1-4H3. The minimum atomic E-state index is -0.313. The van der Waals surface area contributed by atoms with Crippen molar-refractivity contribution >= 4 is 17.6 Å². The van der Waals surface area contributed by atoms with E-state index in [0.717, 1.165) is 11.2 Å². The molecule has 142 valence electrons. The lowest BCUT2D eigenvalue weighted by Crippen LogP contribution is -2.29. The number of likely N-dealkylation sites (N-methyl/N-ethyl adjacent to an activating group) is 1. The Labute approximate surface area is 157 Å². The van der Waals surface area contributed by atoms with E-state index in [1.54, 1.807) is 45.5 Å². The fraction of sp³-hybridized carbons (Fsp3) is 0.316. The number of benzene rings is 1. The molecule has 0 unspecified atom stereocenters. The number of nitrogens with zero attached hydrogens (tertiary/aromatic N) is 4. The zero-order valence-electron chi connectivity index (χ0n) is 15.8. The predicted molar refractivity (Wildman–Crippen MR) is 101 cm³/mol. The molecule has 0 saturated carbocycles. The molecular weight excluding hydrogens is 348 g/mol. The molecule has 0 radical (unpaired) electrons. The number of rotatable bonds is 7. The number of carbonyl (C=O) groups is 1. The third-order valence-electron chi connectivity index (χ3n) is 4.06. The summed E-state index contributed by atoms with van der Waals surface area (Å²) in [4.78, 5) is 22.7. The van der Waals surface area contributed by atoms with Crippen LogP contribution >= 0.6 is 0 Å². The van der Waals surface area contributed by atoms with E-state index in [1.807, 2.05) is 28.7 Å². The minimum absolute atomic E-state index is 0.0868. The topological polar surface area (TPSA) is 78.2 Å². The molecule has 2 heterocycles. The largest absolute Gasteiger partial charge is 0.493 e. The number of anilines is 1. The van der Waals surface area contributed by atoms with Crippen LogP contribution in [0.1, 0.15) is 6.92 Å². The monoisotopic (exact) mass is 370 g/mol. The van der Waals surface area contributed by atoms with E-state index in [0.29, 0.717) is 29.7 Å². The molecule has 3 aromatic rings. The van der Waals surface area contributed by atoms with E-state index >= 15 is 0 Å². The molecule has 0 N–H and O–H groups in total. The number of aromatic nitrogens is 3. The van der Waals surface area contributed by atoms with Gasteiger partial charge in [0.2, 0.25) is 5.95 Å². The second kappa shape index (κ2) is 7.94. The second-order valence-corrected chi connectivity index (χ2v) is 5.83. The zero-order valence-corrected chi connectivity index (χ0v) is 15.8. The van der Waals surface area contributed by atoms with Crippen molar-refractivity contribution in [1.82, 2.24) is 14.4 Å². The number of hydrogen-bond acceptors (Lipinski definition) is 7. The first kappa shape index (κ1) is 18.5. The fourth-order valence-electron chi connectivity index (χ4n) is 2.79. The summed E-state index contributed by atoms with van der Waals surface area (Å²) in [6.07, 6.45) is 3.49. The molecular formula is C19H22N4O4.